The van der Waals surface area contributed by atoms with Crippen molar-refractivity contribution in [1.82, 2.24) is 9.97 Å². The van der Waals surface area contributed by atoms with E-state index in [4.69, 9.17) is 0 Å². The van der Waals surface area contributed by atoms with Crippen molar-refractivity contribution in [2.75, 3.05) is 11.9 Å². The minimum Gasteiger partial charge on any atom is -0.354 e. The van der Waals surface area contributed by atoms with E-state index in [1.807, 2.05) is 13.8 Å². The summed E-state index contributed by atoms with van der Waals surface area (Å²) in [4.78, 5) is 8.76. The number of aromatic nitrogens is 2. The molecule has 0 aliphatic carbocycles. The Morgan fingerprint density at radius 1 is 1.32 bits per heavy atom. The van der Waals surface area contributed by atoms with Gasteiger partial charge >= 0.3 is 0 Å². The third kappa shape index (κ3) is 3.41. The van der Waals surface area contributed by atoms with Gasteiger partial charge in [-0.15, -0.1) is 0 Å². The standard InChI is InChI=1S/C13H13F2N3S/c1-3-16-13-17-7-8(2)12(18-13)19-11-5-4-9(14)6-10(11)15/h4-7H,3H2,1-2H3,(H,16,17,18). The van der Waals surface area contributed by atoms with Crippen LogP contribution in [0.2, 0.25) is 0 Å². The first kappa shape index (κ1) is 13.7. The van der Waals surface area contributed by atoms with Gasteiger partial charge in [0, 0.05) is 29.3 Å². The minimum atomic E-state index is -0.590. The highest BCUT2D eigenvalue weighted by atomic mass is 32.2. The highest BCUT2D eigenvalue weighted by molar-refractivity contribution is 7.99. The molecule has 0 amide bonds. The van der Waals surface area contributed by atoms with Gasteiger partial charge < -0.3 is 5.32 Å². The monoisotopic (exact) mass is 281 g/mol. The lowest BCUT2D eigenvalue weighted by molar-refractivity contribution is 0.565. The summed E-state index contributed by atoms with van der Waals surface area (Å²) in [5.74, 6) is -0.680. The molecular formula is C13H13F2N3S. The Balaban J connectivity index is 2.29. The topological polar surface area (TPSA) is 37.8 Å². The first-order valence-electron chi connectivity index (χ1n) is 5.80. The van der Waals surface area contributed by atoms with Crippen molar-refractivity contribution in [3.8, 4) is 0 Å². The maximum Gasteiger partial charge on any atom is 0.223 e. The van der Waals surface area contributed by atoms with Gasteiger partial charge in [-0.1, -0.05) is 11.8 Å². The molecule has 2 aromatic rings. The molecule has 0 bridgehead atoms. The van der Waals surface area contributed by atoms with Crippen molar-refractivity contribution in [3.63, 3.8) is 0 Å². The van der Waals surface area contributed by atoms with Gasteiger partial charge in [0.05, 0.1) is 0 Å². The lowest BCUT2D eigenvalue weighted by atomic mass is 10.3. The summed E-state index contributed by atoms with van der Waals surface area (Å²) in [6.07, 6.45) is 1.68. The Labute approximate surface area is 114 Å². The van der Waals surface area contributed by atoms with Gasteiger partial charge in [0.25, 0.3) is 0 Å². The maximum absolute atomic E-state index is 13.6. The number of nitrogens with one attached hydrogen (secondary N) is 1. The summed E-state index contributed by atoms with van der Waals surface area (Å²) in [5, 5.41) is 3.64. The SMILES string of the molecule is CCNc1ncc(C)c(Sc2ccc(F)cc2F)n1. The van der Waals surface area contributed by atoms with E-state index in [-0.39, 0.29) is 0 Å². The summed E-state index contributed by atoms with van der Waals surface area (Å²) in [6, 6.07) is 3.50. The summed E-state index contributed by atoms with van der Waals surface area (Å²) in [7, 11) is 0. The summed E-state index contributed by atoms with van der Waals surface area (Å²) >= 11 is 1.16. The normalized spacial score (nSPS) is 10.5. The first-order valence-corrected chi connectivity index (χ1v) is 6.62. The zero-order chi connectivity index (χ0) is 13.8. The molecule has 3 nitrogen and oxygen atoms in total. The van der Waals surface area contributed by atoms with E-state index < -0.39 is 11.6 Å². The summed E-state index contributed by atoms with van der Waals surface area (Å²) < 4.78 is 26.4. The van der Waals surface area contributed by atoms with Gasteiger partial charge in [0.2, 0.25) is 5.95 Å². The second kappa shape index (κ2) is 5.97. The molecule has 2 rings (SSSR count). The van der Waals surface area contributed by atoms with Gasteiger partial charge in [0.1, 0.15) is 16.7 Å². The molecule has 1 aromatic carbocycles. The molecule has 0 aliphatic rings. The fourth-order valence-corrected chi connectivity index (χ4v) is 2.28. The van der Waals surface area contributed by atoms with Crippen molar-refractivity contribution in [2.24, 2.45) is 0 Å². The number of nitrogens with zero attached hydrogens (tertiary/aromatic N) is 2. The molecule has 0 unspecified atom stereocenters. The Morgan fingerprint density at radius 3 is 2.79 bits per heavy atom. The summed E-state index contributed by atoms with van der Waals surface area (Å²) in [5.41, 5.74) is 0.843. The van der Waals surface area contributed by atoms with Crippen LogP contribution in [0.3, 0.4) is 0 Å². The molecule has 1 aromatic heterocycles. The number of benzene rings is 1. The van der Waals surface area contributed by atoms with Crippen molar-refractivity contribution in [3.05, 3.63) is 41.6 Å². The predicted molar refractivity (Wildman–Crippen MR) is 71.4 cm³/mol. The lowest BCUT2D eigenvalue weighted by Gasteiger charge is -2.08. The van der Waals surface area contributed by atoms with Crippen molar-refractivity contribution < 1.29 is 8.78 Å². The molecule has 19 heavy (non-hydrogen) atoms. The molecule has 6 heteroatoms. The number of hydrogen-bond acceptors (Lipinski definition) is 4. The van der Waals surface area contributed by atoms with Crippen LogP contribution in [0.15, 0.2) is 34.3 Å². The van der Waals surface area contributed by atoms with Crippen LogP contribution in [-0.4, -0.2) is 16.5 Å². The van der Waals surface area contributed by atoms with Crippen LogP contribution in [0.5, 0.6) is 0 Å². The number of aryl methyl sites for hydroxylation is 1. The fourth-order valence-electron chi connectivity index (χ4n) is 1.44. The van der Waals surface area contributed by atoms with Crippen molar-refractivity contribution in [2.45, 2.75) is 23.8 Å². The first-order chi connectivity index (χ1) is 9.10. The Morgan fingerprint density at radius 2 is 2.11 bits per heavy atom. The van der Waals surface area contributed by atoms with E-state index in [0.29, 0.717) is 22.4 Å². The second-order valence-electron chi connectivity index (χ2n) is 3.89. The maximum atomic E-state index is 13.6. The second-order valence-corrected chi connectivity index (χ2v) is 4.92. The van der Waals surface area contributed by atoms with Gasteiger partial charge in [-0.2, -0.15) is 0 Å². The largest absolute Gasteiger partial charge is 0.354 e. The van der Waals surface area contributed by atoms with Gasteiger partial charge in [-0.3, -0.25) is 0 Å². The van der Waals surface area contributed by atoms with Crippen LogP contribution >= 0.6 is 11.8 Å². The molecule has 0 spiro atoms. The van der Waals surface area contributed by atoms with Crippen molar-refractivity contribution >= 4 is 17.7 Å². The third-order valence-electron chi connectivity index (χ3n) is 2.36. The minimum absolute atomic E-state index is 0.339. The van der Waals surface area contributed by atoms with Crippen LogP contribution in [0, 0.1) is 18.6 Å². The van der Waals surface area contributed by atoms with Crippen LogP contribution in [0.25, 0.3) is 0 Å². The number of hydrogen-bond donors (Lipinski definition) is 1. The molecular weight excluding hydrogens is 268 g/mol. The van der Waals surface area contributed by atoms with E-state index >= 15 is 0 Å². The van der Waals surface area contributed by atoms with E-state index in [2.05, 4.69) is 15.3 Å². The van der Waals surface area contributed by atoms with E-state index in [1.165, 1.54) is 12.1 Å². The lowest BCUT2D eigenvalue weighted by Crippen LogP contribution is -2.03. The molecule has 0 atom stereocenters. The quantitative estimate of drug-likeness (QED) is 0.868. The van der Waals surface area contributed by atoms with Crippen LogP contribution in [0.4, 0.5) is 14.7 Å². The number of halogens is 2. The van der Waals surface area contributed by atoms with Crippen molar-refractivity contribution in [1.29, 1.82) is 0 Å². The van der Waals surface area contributed by atoms with Crippen LogP contribution in [-0.2, 0) is 0 Å². The van der Waals surface area contributed by atoms with Gasteiger partial charge in [-0.05, 0) is 26.0 Å². The average molecular weight is 281 g/mol. The Hall–Kier alpha value is -1.69. The average Bonchev–Trinajstić information content (AvgIpc) is 2.37. The summed E-state index contributed by atoms with van der Waals surface area (Å²) in [6.45, 7) is 4.49. The van der Waals surface area contributed by atoms with E-state index in [0.717, 1.165) is 23.4 Å². The molecule has 1 heterocycles. The molecule has 0 saturated carbocycles. The zero-order valence-electron chi connectivity index (χ0n) is 10.6. The van der Waals surface area contributed by atoms with Gasteiger partial charge in [0.15, 0.2) is 0 Å². The smallest absolute Gasteiger partial charge is 0.223 e. The molecule has 0 fully saturated rings. The van der Waals surface area contributed by atoms with Gasteiger partial charge in [-0.25, -0.2) is 18.7 Å². The highest BCUT2D eigenvalue weighted by Crippen LogP contribution is 2.31. The zero-order valence-corrected chi connectivity index (χ0v) is 11.4. The molecule has 0 radical (unpaired) electrons. The van der Waals surface area contributed by atoms with E-state index in [1.54, 1.807) is 6.20 Å². The van der Waals surface area contributed by atoms with E-state index in [9.17, 15) is 8.78 Å². The predicted octanol–water partition coefficient (Wildman–Crippen LogP) is 3.65. The number of rotatable bonds is 4. The van der Waals surface area contributed by atoms with Crippen LogP contribution < -0.4 is 5.32 Å². The Kier molecular flexibility index (Phi) is 4.31. The number of anilines is 1. The third-order valence-corrected chi connectivity index (χ3v) is 3.52. The Bertz CT molecular complexity index is 590. The molecule has 0 aliphatic heterocycles. The van der Waals surface area contributed by atoms with Crippen LogP contribution in [0.1, 0.15) is 12.5 Å². The fraction of sp³-hybridized carbons (Fsp3) is 0.231. The molecule has 100 valence electrons. The highest BCUT2D eigenvalue weighted by Gasteiger charge is 2.10. The molecule has 1 N–H and O–H groups in total. The molecule has 0 saturated heterocycles.